The lowest BCUT2D eigenvalue weighted by Gasteiger charge is -2.18. The predicted octanol–water partition coefficient (Wildman–Crippen LogP) is 3.02. The van der Waals surface area contributed by atoms with Gasteiger partial charge in [-0.25, -0.2) is 4.99 Å². The Morgan fingerprint density at radius 3 is 2.50 bits per heavy atom. The van der Waals surface area contributed by atoms with E-state index in [9.17, 15) is 0 Å². The first-order valence-corrected chi connectivity index (χ1v) is 6.46. The molecule has 0 bridgehead atoms. The van der Waals surface area contributed by atoms with Crippen molar-refractivity contribution in [3.05, 3.63) is 65.7 Å². The van der Waals surface area contributed by atoms with Gasteiger partial charge in [0.2, 0.25) is 5.90 Å². The Morgan fingerprint density at radius 2 is 1.75 bits per heavy atom. The number of nitrogens with zero attached hydrogens (tertiary/aromatic N) is 2. The van der Waals surface area contributed by atoms with Crippen molar-refractivity contribution in [3.8, 4) is 5.75 Å². The third kappa shape index (κ3) is 2.26. The molecule has 1 aliphatic heterocycles. The second-order valence-corrected chi connectivity index (χ2v) is 4.55. The minimum Gasteiger partial charge on any atom is -0.496 e. The Hall–Kier alpha value is -2.33. The summed E-state index contributed by atoms with van der Waals surface area (Å²) < 4.78 is 5.40. The van der Waals surface area contributed by atoms with E-state index in [0.717, 1.165) is 16.9 Å². The third-order valence-corrected chi connectivity index (χ3v) is 3.25. The minimum atomic E-state index is -0.193. The van der Waals surface area contributed by atoms with Gasteiger partial charge in [0.15, 0.2) is 6.17 Å². The van der Waals surface area contributed by atoms with E-state index in [2.05, 4.69) is 4.99 Å². The molecule has 0 aromatic heterocycles. The van der Waals surface area contributed by atoms with E-state index < -0.39 is 0 Å². The van der Waals surface area contributed by atoms with Gasteiger partial charge in [-0.2, -0.15) is 0 Å². The fourth-order valence-corrected chi connectivity index (χ4v) is 2.26. The van der Waals surface area contributed by atoms with Crippen molar-refractivity contribution < 1.29 is 9.57 Å². The molecule has 102 valence electrons. The van der Waals surface area contributed by atoms with Crippen molar-refractivity contribution in [1.82, 2.24) is 5.06 Å². The van der Waals surface area contributed by atoms with E-state index in [1.54, 1.807) is 12.2 Å². The zero-order chi connectivity index (χ0) is 13.9. The lowest BCUT2D eigenvalue weighted by molar-refractivity contribution is -0.0576. The molecule has 0 aliphatic carbocycles. The Labute approximate surface area is 118 Å². The highest BCUT2D eigenvalue weighted by atomic mass is 16.7. The molecule has 1 atom stereocenters. The first-order chi connectivity index (χ1) is 9.79. The van der Waals surface area contributed by atoms with Gasteiger partial charge >= 0.3 is 0 Å². The Balaban J connectivity index is 1.96. The molecule has 0 spiro atoms. The smallest absolute Gasteiger partial charge is 0.243 e. The molecular weight excluding hydrogens is 252 g/mol. The molecule has 2 aromatic rings. The van der Waals surface area contributed by atoms with E-state index in [1.807, 2.05) is 61.6 Å². The summed E-state index contributed by atoms with van der Waals surface area (Å²) in [5.41, 5.74) is 1.96. The van der Waals surface area contributed by atoms with Crippen LogP contribution in [0.3, 0.4) is 0 Å². The van der Waals surface area contributed by atoms with Crippen LogP contribution in [0.2, 0.25) is 0 Å². The number of aliphatic imine (C=N–C) groups is 1. The van der Waals surface area contributed by atoms with Crippen molar-refractivity contribution in [3.63, 3.8) is 0 Å². The summed E-state index contributed by atoms with van der Waals surface area (Å²) in [6, 6.07) is 17.7. The highest BCUT2D eigenvalue weighted by molar-refractivity contribution is 5.94. The molecule has 0 amide bonds. The lowest BCUT2D eigenvalue weighted by Crippen LogP contribution is -2.19. The molecule has 1 heterocycles. The van der Waals surface area contributed by atoms with Crippen LogP contribution >= 0.6 is 0 Å². The number of ether oxygens (including phenoxy) is 1. The van der Waals surface area contributed by atoms with Crippen molar-refractivity contribution >= 4 is 5.90 Å². The van der Waals surface area contributed by atoms with Gasteiger partial charge in [-0.3, -0.25) is 0 Å². The summed E-state index contributed by atoms with van der Waals surface area (Å²) >= 11 is 0. The van der Waals surface area contributed by atoms with Gasteiger partial charge in [0.1, 0.15) is 5.75 Å². The van der Waals surface area contributed by atoms with Gasteiger partial charge in [0.05, 0.1) is 7.11 Å². The standard InChI is InChI=1S/C16H16N2O2/c1-18-15(13-10-6-7-11-14(13)19-2)17-16(20-18)12-8-4-3-5-9-12/h3-11,15H,1-2H3. The highest BCUT2D eigenvalue weighted by Gasteiger charge is 2.29. The van der Waals surface area contributed by atoms with Gasteiger partial charge in [-0.1, -0.05) is 36.4 Å². The maximum atomic E-state index is 5.74. The van der Waals surface area contributed by atoms with Crippen molar-refractivity contribution in [1.29, 1.82) is 0 Å². The predicted molar refractivity (Wildman–Crippen MR) is 77.6 cm³/mol. The molecule has 2 aromatic carbocycles. The summed E-state index contributed by atoms with van der Waals surface area (Å²) in [5.74, 6) is 1.44. The molecule has 3 rings (SSSR count). The average molecular weight is 268 g/mol. The van der Waals surface area contributed by atoms with Crippen LogP contribution in [0.15, 0.2) is 59.6 Å². The molecule has 20 heavy (non-hydrogen) atoms. The number of methoxy groups -OCH3 is 1. The van der Waals surface area contributed by atoms with Crippen LogP contribution in [0.4, 0.5) is 0 Å². The highest BCUT2D eigenvalue weighted by Crippen LogP contribution is 2.33. The molecule has 0 saturated heterocycles. The Kier molecular flexibility index (Phi) is 3.39. The molecule has 4 nitrogen and oxygen atoms in total. The van der Waals surface area contributed by atoms with Gasteiger partial charge in [0, 0.05) is 18.2 Å². The van der Waals surface area contributed by atoms with Crippen LogP contribution in [0, 0.1) is 0 Å². The van der Waals surface area contributed by atoms with Crippen LogP contribution in [-0.4, -0.2) is 25.1 Å². The number of benzene rings is 2. The van der Waals surface area contributed by atoms with E-state index >= 15 is 0 Å². The summed E-state index contributed by atoms with van der Waals surface area (Å²) in [6.45, 7) is 0. The molecule has 0 radical (unpaired) electrons. The van der Waals surface area contributed by atoms with E-state index in [0.29, 0.717) is 5.90 Å². The molecule has 0 fully saturated rings. The summed E-state index contributed by atoms with van der Waals surface area (Å²) in [5, 5.41) is 1.74. The molecule has 1 aliphatic rings. The molecule has 0 saturated carbocycles. The SMILES string of the molecule is COc1ccccc1C1N=C(c2ccccc2)ON1C. The zero-order valence-electron chi connectivity index (χ0n) is 11.5. The quantitative estimate of drug-likeness (QED) is 0.858. The maximum Gasteiger partial charge on any atom is 0.243 e. The average Bonchev–Trinajstić information content (AvgIpc) is 2.90. The summed E-state index contributed by atoms with van der Waals surface area (Å²) in [7, 11) is 3.53. The van der Waals surface area contributed by atoms with E-state index in [4.69, 9.17) is 9.57 Å². The van der Waals surface area contributed by atoms with Crippen LogP contribution in [0.1, 0.15) is 17.3 Å². The van der Waals surface area contributed by atoms with E-state index in [-0.39, 0.29) is 6.17 Å². The van der Waals surface area contributed by atoms with Gasteiger partial charge < -0.3 is 9.57 Å². The zero-order valence-corrected chi connectivity index (χ0v) is 11.5. The van der Waals surface area contributed by atoms with Crippen molar-refractivity contribution in [2.75, 3.05) is 14.2 Å². The van der Waals surface area contributed by atoms with Crippen LogP contribution in [-0.2, 0) is 4.84 Å². The van der Waals surface area contributed by atoms with Gasteiger partial charge in [0.25, 0.3) is 0 Å². The maximum absolute atomic E-state index is 5.74. The third-order valence-electron chi connectivity index (χ3n) is 3.25. The number of hydrogen-bond donors (Lipinski definition) is 0. The molecule has 4 heteroatoms. The number of para-hydroxylation sites is 1. The lowest BCUT2D eigenvalue weighted by atomic mass is 10.1. The Bertz CT molecular complexity index is 625. The Morgan fingerprint density at radius 1 is 1.05 bits per heavy atom. The molecule has 1 unspecified atom stereocenters. The second-order valence-electron chi connectivity index (χ2n) is 4.55. The van der Waals surface area contributed by atoms with Crippen LogP contribution < -0.4 is 4.74 Å². The van der Waals surface area contributed by atoms with Crippen LogP contribution in [0.5, 0.6) is 5.75 Å². The number of hydrogen-bond acceptors (Lipinski definition) is 4. The van der Waals surface area contributed by atoms with Crippen LogP contribution in [0.25, 0.3) is 0 Å². The largest absolute Gasteiger partial charge is 0.496 e. The molecule has 0 N–H and O–H groups in total. The van der Waals surface area contributed by atoms with E-state index in [1.165, 1.54) is 0 Å². The summed E-state index contributed by atoms with van der Waals surface area (Å²) in [4.78, 5) is 10.4. The van der Waals surface area contributed by atoms with Gasteiger partial charge in [-0.05, 0) is 18.2 Å². The number of hydroxylamine groups is 2. The van der Waals surface area contributed by atoms with Gasteiger partial charge in [-0.15, -0.1) is 5.06 Å². The monoisotopic (exact) mass is 268 g/mol. The fourth-order valence-electron chi connectivity index (χ4n) is 2.26. The first-order valence-electron chi connectivity index (χ1n) is 6.46. The summed E-state index contributed by atoms with van der Waals surface area (Å²) in [6.07, 6.45) is -0.193. The second kappa shape index (κ2) is 5.35. The first kappa shape index (κ1) is 12.7. The topological polar surface area (TPSA) is 34.1 Å². The number of rotatable bonds is 3. The van der Waals surface area contributed by atoms with Crippen molar-refractivity contribution in [2.24, 2.45) is 4.99 Å². The minimum absolute atomic E-state index is 0.193. The fraction of sp³-hybridized carbons (Fsp3) is 0.188. The normalized spacial score (nSPS) is 18.5. The van der Waals surface area contributed by atoms with Crippen molar-refractivity contribution in [2.45, 2.75) is 6.17 Å². The molecular formula is C16H16N2O2.